The minimum atomic E-state index is -3.86. The van der Waals surface area contributed by atoms with Crippen molar-refractivity contribution < 1.29 is 35.4 Å². The van der Waals surface area contributed by atoms with E-state index in [1.807, 2.05) is 0 Å². The first kappa shape index (κ1) is 13.9. The average molecular weight is 385 g/mol. The fourth-order valence-electron chi connectivity index (χ4n) is 0.296. The molecule has 0 fully saturated rings. The van der Waals surface area contributed by atoms with E-state index in [1.54, 1.807) is 0 Å². The smallest absolute Gasteiger partial charge is 0.265 e. The summed E-state index contributed by atoms with van der Waals surface area (Å²) in [6.07, 6.45) is 0. The van der Waals surface area contributed by atoms with Gasteiger partial charge in [-0.1, -0.05) is 0 Å². The second kappa shape index (κ2) is 5.93. The Kier molecular flexibility index (Phi) is 8.25. The summed E-state index contributed by atoms with van der Waals surface area (Å²) in [7, 11) is -3.86. The quantitative estimate of drug-likeness (QED) is 0.367. The molecule has 0 aliphatic carbocycles. The minimum Gasteiger partial charge on any atom is -0.286 e. The molecule has 0 rings (SSSR count). The summed E-state index contributed by atoms with van der Waals surface area (Å²) >= 11 is 7.58. The minimum absolute atomic E-state index is 0. The summed E-state index contributed by atoms with van der Waals surface area (Å²) in [6, 6.07) is 0. The maximum absolute atomic E-state index is 10.1. The van der Waals surface area contributed by atoms with Gasteiger partial charge in [0.25, 0.3) is 10.1 Å². The van der Waals surface area contributed by atoms with Gasteiger partial charge in [-0.25, -0.2) is 0 Å². The molecule has 0 spiro atoms. The molecule has 0 saturated heterocycles. The Bertz CT molecular complexity index is 166. The van der Waals surface area contributed by atoms with Crippen molar-refractivity contribution in [1.29, 1.82) is 0 Å². The van der Waals surface area contributed by atoms with E-state index < -0.39 is 10.1 Å². The van der Waals surface area contributed by atoms with Crippen LogP contribution in [0.4, 0.5) is 0 Å². The van der Waals surface area contributed by atoms with Crippen LogP contribution < -0.4 is 0 Å². The van der Waals surface area contributed by atoms with Crippen LogP contribution in [-0.2, 0) is 32.5 Å². The zero-order chi connectivity index (χ0) is 7.49. The molecule has 1 radical (unpaired) electrons. The second-order valence-electron chi connectivity index (χ2n) is 1.58. The Morgan fingerprint density at radius 1 is 1.50 bits per heavy atom. The van der Waals surface area contributed by atoms with Gasteiger partial charge in [0.1, 0.15) is 0 Å². The Morgan fingerprint density at radius 3 is 2.00 bits per heavy atom. The van der Waals surface area contributed by atoms with Crippen molar-refractivity contribution in [3.8, 4) is 0 Å². The molecule has 0 aliphatic heterocycles. The van der Waals surface area contributed by atoms with E-state index in [4.69, 9.17) is 4.55 Å². The molecule has 0 saturated carbocycles. The van der Waals surface area contributed by atoms with Gasteiger partial charge < -0.3 is 0 Å². The molecule has 3 nitrogen and oxygen atoms in total. The van der Waals surface area contributed by atoms with Crippen molar-refractivity contribution in [2.24, 2.45) is 0 Å². The molecular weight excluding hydrogens is 377 g/mol. The van der Waals surface area contributed by atoms with Gasteiger partial charge in [-0.3, -0.25) is 4.55 Å². The van der Waals surface area contributed by atoms with E-state index in [1.165, 1.54) is 0 Å². The Balaban J connectivity index is 0. The van der Waals surface area contributed by atoms with Gasteiger partial charge in [0.2, 0.25) is 0 Å². The normalized spacial score (nSPS) is 13.9. The van der Waals surface area contributed by atoms with Gasteiger partial charge in [-0.2, -0.15) is 33.7 Å². The molecule has 0 bridgehead atoms. The number of rotatable bonds is 3. The molecule has 0 heterocycles. The SMILES string of the molecule is O=S(=O)(O)CC(S)CS.[Au]. The molecule has 0 amide bonds. The van der Waals surface area contributed by atoms with E-state index in [0.29, 0.717) is 5.75 Å². The van der Waals surface area contributed by atoms with Crippen LogP contribution in [0.15, 0.2) is 0 Å². The number of hydrogen-bond acceptors (Lipinski definition) is 4. The first-order chi connectivity index (χ1) is 3.95. The van der Waals surface area contributed by atoms with Gasteiger partial charge in [-0.15, -0.1) is 0 Å². The van der Waals surface area contributed by atoms with Crippen molar-refractivity contribution in [3.63, 3.8) is 0 Å². The monoisotopic (exact) mass is 385 g/mol. The van der Waals surface area contributed by atoms with Crippen molar-refractivity contribution in [1.82, 2.24) is 0 Å². The third-order valence-electron chi connectivity index (χ3n) is 0.614. The molecule has 10 heavy (non-hydrogen) atoms. The standard InChI is InChI=1S/C3H8O3S3.Au/c4-9(5,6)2-3(8)1-7;/h3,7-8H,1-2H2,(H,4,5,6);. The summed E-state index contributed by atoms with van der Waals surface area (Å²) in [5.74, 6) is 0.00249. The molecule has 1 unspecified atom stereocenters. The van der Waals surface area contributed by atoms with Gasteiger partial charge >= 0.3 is 0 Å². The molecule has 1 atom stereocenters. The summed E-state index contributed by atoms with van der Waals surface area (Å²) in [5.41, 5.74) is 0. The molecule has 0 aromatic rings. The number of thiol groups is 2. The van der Waals surface area contributed by atoms with E-state index in [2.05, 4.69) is 25.3 Å². The molecule has 0 aromatic carbocycles. The van der Waals surface area contributed by atoms with Crippen LogP contribution in [0.5, 0.6) is 0 Å². The summed E-state index contributed by atoms with van der Waals surface area (Å²) < 4.78 is 28.4. The van der Waals surface area contributed by atoms with Crippen LogP contribution in [0.25, 0.3) is 0 Å². The Labute approximate surface area is 87.0 Å². The first-order valence-electron chi connectivity index (χ1n) is 2.20. The fraction of sp³-hybridized carbons (Fsp3) is 1.00. The fourth-order valence-corrected chi connectivity index (χ4v) is 1.77. The second-order valence-corrected chi connectivity index (χ2v) is 4.18. The van der Waals surface area contributed by atoms with Gasteiger partial charge in [0.05, 0.1) is 5.75 Å². The Hall–Kier alpha value is 1.35. The zero-order valence-corrected chi connectivity index (χ0v) is 9.63. The van der Waals surface area contributed by atoms with Crippen LogP contribution in [0.3, 0.4) is 0 Å². The average Bonchev–Trinajstić information content (AvgIpc) is 1.62. The largest absolute Gasteiger partial charge is 0.286 e. The third kappa shape index (κ3) is 9.35. The molecule has 67 valence electrons. The van der Waals surface area contributed by atoms with Crippen LogP contribution in [0.1, 0.15) is 0 Å². The van der Waals surface area contributed by atoms with Crippen LogP contribution in [0, 0.1) is 0 Å². The molecule has 1 N–H and O–H groups in total. The van der Waals surface area contributed by atoms with E-state index in [9.17, 15) is 8.42 Å². The van der Waals surface area contributed by atoms with Crippen LogP contribution in [0.2, 0.25) is 0 Å². The predicted octanol–water partition coefficient (Wildman–Crippen LogP) is 0.0999. The first-order valence-corrected chi connectivity index (χ1v) is 4.95. The van der Waals surface area contributed by atoms with Crippen molar-refractivity contribution in [3.05, 3.63) is 0 Å². The zero-order valence-electron chi connectivity index (χ0n) is 4.86. The van der Waals surface area contributed by atoms with Crippen LogP contribution >= 0.6 is 25.3 Å². The van der Waals surface area contributed by atoms with Crippen molar-refractivity contribution >= 4 is 35.4 Å². The molecule has 0 aromatic heterocycles. The molecule has 7 heteroatoms. The van der Waals surface area contributed by atoms with Gasteiger partial charge in [0, 0.05) is 33.4 Å². The summed E-state index contributed by atoms with van der Waals surface area (Å²) in [6.45, 7) is 0. The maximum atomic E-state index is 10.1. The maximum Gasteiger partial charge on any atom is 0.265 e. The third-order valence-corrected chi connectivity index (χ3v) is 2.78. The Morgan fingerprint density at radius 2 is 1.90 bits per heavy atom. The topological polar surface area (TPSA) is 54.4 Å². The van der Waals surface area contributed by atoms with Crippen molar-refractivity contribution in [2.75, 3.05) is 11.5 Å². The summed E-state index contributed by atoms with van der Waals surface area (Å²) in [5, 5.41) is -0.386. The molecule has 0 aliphatic rings. The van der Waals surface area contributed by atoms with Crippen molar-refractivity contribution in [2.45, 2.75) is 5.25 Å². The summed E-state index contributed by atoms with van der Waals surface area (Å²) in [4.78, 5) is 0. The predicted molar refractivity (Wildman–Crippen MR) is 43.0 cm³/mol. The number of hydrogen-bond donors (Lipinski definition) is 3. The molecular formula is C3H8AuO3S3. The van der Waals surface area contributed by atoms with Crippen LogP contribution in [-0.4, -0.2) is 29.7 Å². The van der Waals surface area contributed by atoms with E-state index in [-0.39, 0.29) is 33.4 Å². The van der Waals surface area contributed by atoms with Gasteiger partial charge in [-0.05, 0) is 0 Å². The van der Waals surface area contributed by atoms with E-state index in [0.717, 1.165) is 0 Å². The van der Waals surface area contributed by atoms with E-state index >= 15 is 0 Å². The van der Waals surface area contributed by atoms with Gasteiger partial charge in [0.15, 0.2) is 0 Å².